The Labute approximate surface area is 133 Å². The van der Waals surface area contributed by atoms with Crippen molar-refractivity contribution in [1.29, 1.82) is 0 Å². The Morgan fingerprint density at radius 1 is 1.41 bits per heavy atom. The Morgan fingerprint density at radius 2 is 2.14 bits per heavy atom. The summed E-state index contributed by atoms with van der Waals surface area (Å²) in [5.41, 5.74) is -0.553. The van der Waals surface area contributed by atoms with Crippen molar-refractivity contribution in [3.05, 3.63) is 0 Å². The highest BCUT2D eigenvalue weighted by molar-refractivity contribution is 5.88. The van der Waals surface area contributed by atoms with Gasteiger partial charge in [-0.05, 0) is 38.5 Å². The summed E-state index contributed by atoms with van der Waals surface area (Å²) in [6.45, 7) is 8.39. The smallest absolute Gasteiger partial charge is 0.245 e. The molecule has 2 aliphatic rings. The largest absolute Gasteiger partial charge is 0.353 e. The summed E-state index contributed by atoms with van der Waals surface area (Å²) in [5, 5.41) is 3.00. The molecule has 0 aromatic rings. The van der Waals surface area contributed by atoms with Crippen LogP contribution in [0.4, 0.5) is 0 Å². The molecule has 5 nitrogen and oxygen atoms in total. The van der Waals surface area contributed by atoms with Crippen LogP contribution in [-0.2, 0) is 14.3 Å². The maximum Gasteiger partial charge on any atom is 0.245 e. The lowest BCUT2D eigenvalue weighted by Crippen LogP contribution is -2.57. The summed E-state index contributed by atoms with van der Waals surface area (Å²) in [6, 6.07) is -0.361. The quantitative estimate of drug-likeness (QED) is 0.867. The normalized spacial score (nSPS) is 33.0. The summed E-state index contributed by atoms with van der Waals surface area (Å²) in [6.07, 6.45) is 5.19. The van der Waals surface area contributed by atoms with E-state index in [0.29, 0.717) is 18.9 Å². The lowest BCUT2D eigenvalue weighted by Gasteiger charge is -2.43. The first-order valence-electron chi connectivity index (χ1n) is 8.70. The minimum Gasteiger partial charge on any atom is -0.353 e. The van der Waals surface area contributed by atoms with E-state index in [-0.39, 0.29) is 17.9 Å². The van der Waals surface area contributed by atoms with E-state index < -0.39 is 11.8 Å². The van der Waals surface area contributed by atoms with E-state index in [1.165, 1.54) is 6.42 Å². The predicted molar refractivity (Wildman–Crippen MR) is 85.1 cm³/mol. The van der Waals surface area contributed by atoms with Crippen LogP contribution in [-0.4, -0.2) is 41.1 Å². The molecule has 1 spiro atoms. The van der Waals surface area contributed by atoms with Gasteiger partial charge in [-0.25, -0.2) is 0 Å². The van der Waals surface area contributed by atoms with Gasteiger partial charge < -0.3 is 10.1 Å². The highest BCUT2D eigenvalue weighted by Crippen LogP contribution is 2.43. The Bertz CT molecular complexity index is 426. The molecular weight excluding hydrogens is 280 g/mol. The Kier molecular flexibility index (Phi) is 5.48. The van der Waals surface area contributed by atoms with E-state index in [4.69, 9.17) is 4.74 Å². The zero-order chi connectivity index (χ0) is 16.3. The van der Waals surface area contributed by atoms with Gasteiger partial charge in [-0.3, -0.25) is 14.5 Å². The van der Waals surface area contributed by atoms with Crippen molar-refractivity contribution in [2.24, 2.45) is 5.92 Å². The molecule has 1 heterocycles. The number of carbonyl (C=O) groups excluding carboxylic acids is 2. The van der Waals surface area contributed by atoms with Gasteiger partial charge in [0.15, 0.2) is 0 Å². The molecule has 1 N–H and O–H groups in total. The highest BCUT2D eigenvalue weighted by atomic mass is 16.5. The number of carbonyl (C=O) groups is 2. The number of amides is 2. The summed E-state index contributed by atoms with van der Waals surface area (Å²) < 4.78 is 6.08. The van der Waals surface area contributed by atoms with Gasteiger partial charge in [0.25, 0.3) is 0 Å². The molecule has 126 valence electrons. The van der Waals surface area contributed by atoms with E-state index in [1.807, 2.05) is 20.8 Å². The first kappa shape index (κ1) is 17.3. The molecule has 4 atom stereocenters. The van der Waals surface area contributed by atoms with Crippen LogP contribution in [0.15, 0.2) is 0 Å². The highest BCUT2D eigenvalue weighted by Gasteiger charge is 2.53. The second-order valence-electron chi connectivity index (χ2n) is 6.91. The van der Waals surface area contributed by atoms with Crippen molar-refractivity contribution in [2.45, 2.75) is 84.0 Å². The predicted octanol–water partition coefficient (Wildman–Crippen LogP) is 2.44. The van der Waals surface area contributed by atoms with Crippen molar-refractivity contribution in [2.75, 3.05) is 6.61 Å². The van der Waals surface area contributed by atoms with Crippen molar-refractivity contribution < 1.29 is 14.3 Å². The Hall–Kier alpha value is -1.10. The van der Waals surface area contributed by atoms with Gasteiger partial charge in [0.05, 0.1) is 6.61 Å². The van der Waals surface area contributed by atoms with Crippen LogP contribution in [0.5, 0.6) is 0 Å². The van der Waals surface area contributed by atoms with E-state index in [9.17, 15) is 9.59 Å². The molecule has 5 heteroatoms. The minimum absolute atomic E-state index is 0.0240. The summed E-state index contributed by atoms with van der Waals surface area (Å²) >= 11 is 0. The third kappa shape index (κ3) is 3.29. The van der Waals surface area contributed by atoms with Crippen molar-refractivity contribution >= 4 is 11.8 Å². The van der Waals surface area contributed by atoms with Crippen LogP contribution in [0, 0.1) is 5.92 Å². The summed E-state index contributed by atoms with van der Waals surface area (Å²) in [5.74, 6) is 0.472. The molecule has 1 saturated carbocycles. The SMILES string of the molecule is CCC(=O)N1[C@H](C(=O)N[C@@H](C)CC)CO[C@]12CCC[C@H](C)C2. The molecule has 1 aliphatic heterocycles. The topological polar surface area (TPSA) is 58.6 Å². The van der Waals surface area contributed by atoms with Gasteiger partial charge in [-0.15, -0.1) is 0 Å². The zero-order valence-electron chi connectivity index (χ0n) is 14.4. The van der Waals surface area contributed by atoms with Crippen LogP contribution in [0.3, 0.4) is 0 Å². The molecule has 2 amide bonds. The van der Waals surface area contributed by atoms with E-state index in [0.717, 1.165) is 25.7 Å². The second-order valence-corrected chi connectivity index (χ2v) is 6.91. The fourth-order valence-electron chi connectivity index (χ4n) is 3.69. The maximum atomic E-state index is 12.6. The average Bonchev–Trinajstić information content (AvgIpc) is 2.84. The zero-order valence-corrected chi connectivity index (χ0v) is 14.4. The van der Waals surface area contributed by atoms with Gasteiger partial charge in [-0.1, -0.05) is 27.2 Å². The first-order valence-corrected chi connectivity index (χ1v) is 8.70. The molecule has 22 heavy (non-hydrogen) atoms. The molecule has 0 bridgehead atoms. The van der Waals surface area contributed by atoms with Gasteiger partial charge in [0.1, 0.15) is 11.8 Å². The van der Waals surface area contributed by atoms with Crippen LogP contribution in [0.25, 0.3) is 0 Å². The molecular formula is C17H30N2O3. The van der Waals surface area contributed by atoms with Crippen molar-refractivity contribution in [1.82, 2.24) is 10.2 Å². The Balaban J connectivity index is 2.20. The van der Waals surface area contributed by atoms with Crippen LogP contribution in [0.1, 0.15) is 66.2 Å². The number of hydrogen-bond acceptors (Lipinski definition) is 3. The van der Waals surface area contributed by atoms with Gasteiger partial charge in [0, 0.05) is 12.5 Å². The standard InChI is InChI=1S/C17H30N2O3/c1-5-13(4)18-16(21)14-11-22-17(19(14)15(20)6-2)9-7-8-12(3)10-17/h12-14H,5-11H2,1-4H3,(H,18,21)/t12-,13-,14-,17-/m0/s1. The number of nitrogens with one attached hydrogen (secondary N) is 1. The minimum atomic E-state index is -0.553. The van der Waals surface area contributed by atoms with Gasteiger partial charge in [-0.2, -0.15) is 0 Å². The fourth-order valence-corrected chi connectivity index (χ4v) is 3.69. The molecule has 2 rings (SSSR count). The number of nitrogens with zero attached hydrogens (tertiary/aromatic N) is 1. The molecule has 2 fully saturated rings. The first-order chi connectivity index (χ1) is 10.4. The molecule has 0 radical (unpaired) electrons. The van der Waals surface area contributed by atoms with Crippen LogP contribution < -0.4 is 5.32 Å². The van der Waals surface area contributed by atoms with Gasteiger partial charge >= 0.3 is 0 Å². The van der Waals surface area contributed by atoms with E-state index in [2.05, 4.69) is 12.2 Å². The summed E-state index contributed by atoms with van der Waals surface area (Å²) in [7, 11) is 0. The molecule has 1 aliphatic carbocycles. The molecule has 0 aromatic carbocycles. The van der Waals surface area contributed by atoms with E-state index >= 15 is 0 Å². The van der Waals surface area contributed by atoms with Crippen LogP contribution in [0.2, 0.25) is 0 Å². The molecule has 0 aromatic heterocycles. The average molecular weight is 310 g/mol. The maximum absolute atomic E-state index is 12.6. The van der Waals surface area contributed by atoms with Crippen molar-refractivity contribution in [3.63, 3.8) is 0 Å². The lowest BCUT2D eigenvalue weighted by atomic mass is 9.83. The fraction of sp³-hybridized carbons (Fsp3) is 0.882. The van der Waals surface area contributed by atoms with Crippen molar-refractivity contribution in [3.8, 4) is 0 Å². The second kappa shape index (κ2) is 6.99. The third-order valence-corrected chi connectivity index (χ3v) is 5.07. The molecule has 1 saturated heterocycles. The number of hydrogen-bond donors (Lipinski definition) is 1. The monoisotopic (exact) mass is 310 g/mol. The number of rotatable bonds is 4. The summed E-state index contributed by atoms with van der Waals surface area (Å²) in [4.78, 5) is 26.9. The third-order valence-electron chi connectivity index (χ3n) is 5.07. The molecule has 0 unspecified atom stereocenters. The van der Waals surface area contributed by atoms with E-state index in [1.54, 1.807) is 4.90 Å². The van der Waals surface area contributed by atoms with Gasteiger partial charge in [0.2, 0.25) is 11.8 Å². The lowest BCUT2D eigenvalue weighted by molar-refractivity contribution is -0.162. The Morgan fingerprint density at radius 3 is 2.73 bits per heavy atom. The van der Waals surface area contributed by atoms with Crippen LogP contribution >= 0.6 is 0 Å². The number of ether oxygens (including phenoxy) is 1.